The molecular weight excluding hydrogens is 162 g/mol. The molecule has 0 unspecified atom stereocenters. The second-order valence-electron chi connectivity index (χ2n) is 1.13. The highest BCUT2D eigenvalue weighted by molar-refractivity contribution is 7.80. The molecule has 1 atom stereocenters. The monoisotopic (exact) mass is 169 g/mol. The molecule has 6 heteroatoms. The van der Waals surface area contributed by atoms with Crippen molar-refractivity contribution in [3.05, 3.63) is 0 Å². The lowest BCUT2D eigenvalue weighted by molar-refractivity contribution is -0.137. The van der Waals surface area contributed by atoms with E-state index in [4.69, 9.17) is 15.0 Å². The molecule has 4 nitrogen and oxygen atoms in total. The smallest absolute Gasteiger partial charge is 0.321 e. The highest BCUT2D eigenvalue weighted by Crippen LogP contribution is 1.80. The van der Waals surface area contributed by atoms with Gasteiger partial charge in [0.1, 0.15) is 6.04 Å². The molecule has 0 amide bonds. The van der Waals surface area contributed by atoms with Crippen molar-refractivity contribution >= 4 is 31.1 Å². The van der Waals surface area contributed by atoms with E-state index >= 15 is 0 Å². The number of carbonyl (C=O) groups is 1. The summed E-state index contributed by atoms with van der Waals surface area (Å²) in [4.78, 5) is 9.76. The van der Waals surface area contributed by atoms with E-state index in [1.807, 2.05) is 0 Å². The third-order valence-corrected chi connectivity index (χ3v) is 0.907. The molecule has 0 aromatic carbocycles. The zero-order valence-corrected chi connectivity index (χ0v) is 6.19. The molecule has 54 valence electrons. The van der Waals surface area contributed by atoms with Crippen molar-refractivity contribution in [2.75, 3.05) is 5.75 Å². The number of aliphatic carboxylic acids is 1. The van der Waals surface area contributed by atoms with Crippen LogP contribution in [0.2, 0.25) is 0 Å². The lowest BCUT2D eigenvalue weighted by Gasteiger charge is -1.96. The number of thiol groups is 1. The Balaban J connectivity index is 0. The number of carboxylic acids is 1. The summed E-state index contributed by atoms with van der Waals surface area (Å²) in [6, 6.07) is -0.816. The van der Waals surface area contributed by atoms with Gasteiger partial charge < -0.3 is 10.8 Å². The van der Waals surface area contributed by atoms with Gasteiger partial charge in [-0.15, -0.1) is 0 Å². The molecular formula is C3H7NO3S2. The first-order chi connectivity index (χ1) is 4.18. The van der Waals surface area contributed by atoms with Crippen LogP contribution in [0, 0.1) is 0 Å². The SMILES string of the molecule is N[C@@H](CS)C(=O)O.O=S. The van der Waals surface area contributed by atoms with Crippen LogP contribution in [0.5, 0.6) is 0 Å². The molecule has 0 bridgehead atoms. The fraction of sp³-hybridized carbons (Fsp3) is 0.667. The maximum Gasteiger partial charge on any atom is 0.321 e. The van der Waals surface area contributed by atoms with Crippen molar-refractivity contribution in [3.8, 4) is 0 Å². The first-order valence-electron chi connectivity index (χ1n) is 1.94. The molecule has 0 heterocycles. The Hall–Kier alpha value is -0.200. The standard InChI is InChI=1S/C3H7NO2S.OS/c4-2(1-7)3(5)6;1-2/h2,7H,1,4H2,(H,5,6);/t2-;/m0./s1. The predicted molar refractivity (Wildman–Crippen MR) is 37.6 cm³/mol. The number of carboxylic acid groups (broad SMARTS) is 1. The molecule has 0 aliphatic carbocycles. The van der Waals surface area contributed by atoms with Crippen molar-refractivity contribution in [1.29, 1.82) is 0 Å². The van der Waals surface area contributed by atoms with E-state index in [1.54, 1.807) is 0 Å². The summed E-state index contributed by atoms with van der Waals surface area (Å²) in [6.07, 6.45) is 0. The van der Waals surface area contributed by atoms with Crippen LogP contribution in [0.3, 0.4) is 0 Å². The lowest BCUT2D eigenvalue weighted by atomic mass is 10.4. The number of rotatable bonds is 2. The van der Waals surface area contributed by atoms with Gasteiger partial charge in [0, 0.05) is 5.75 Å². The topological polar surface area (TPSA) is 80.4 Å². The minimum Gasteiger partial charge on any atom is -0.480 e. The van der Waals surface area contributed by atoms with Gasteiger partial charge in [-0.1, -0.05) is 0 Å². The van der Waals surface area contributed by atoms with Gasteiger partial charge in [-0.25, -0.2) is 0 Å². The normalized spacial score (nSPS) is 10.9. The molecule has 0 aliphatic heterocycles. The number of nitrogens with two attached hydrogens (primary N) is 1. The first kappa shape index (κ1) is 11.6. The quantitative estimate of drug-likeness (QED) is 0.462. The van der Waals surface area contributed by atoms with Gasteiger partial charge in [-0.2, -0.15) is 16.8 Å². The van der Waals surface area contributed by atoms with Gasteiger partial charge in [0.25, 0.3) is 0 Å². The molecule has 0 aromatic heterocycles. The second-order valence-corrected chi connectivity index (χ2v) is 1.49. The Bertz CT molecular complexity index is 89.1. The maximum atomic E-state index is 9.76. The van der Waals surface area contributed by atoms with E-state index in [1.165, 1.54) is 0 Å². The summed E-state index contributed by atoms with van der Waals surface area (Å²) in [6.45, 7) is 0. The molecule has 0 saturated carbocycles. The molecule has 0 saturated heterocycles. The van der Waals surface area contributed by atoms with Gasteiger partial charge in [-0.05, 0) is 0 Å². The minimum atomic E-state index is -1.00. The van der Waals surface area contributed by atoms with E-state index in [2.05, 4.69) is 25.2 Å². The Kier molecular flexibility index (Phi) is 10.0. The molecule has 0 aliphatic rings. The molecule has 0 radical (unpaired) electrons. The Morgan fingerprint density at radius 2 is 2.11 bits per heavy atom. The fourth-order valence-electron chi connectivity index (χ4n) is 0.0781. The largest absolute Gasteiger partial charge is 0.480 e. The summed E-state index contributed by atoms with van der Waals surface area (Å²) >= 11 is 6.48. The average Bonchev–Trinajstić information content (AvgIpc) is 1.91. The number of hydrogen-bond donors (Lipinski definition) is 3. The Morgan fingerprint density at radius 3 is 2.11 bits per heavy atom. The average molecular weight is 169 g/mol. The van der Waals surface area contributed by atoms with Gasteiger partial charge in [0.2, 0.25) is 0 Å². The van der Waals surface area contributed by atoms with E-state index in [0.717, 1.165) is 0 Å². The molecule has 0 rings (SSSR count). The maximum absolute atomic E-state index is 9.76. The van der Waals surface area contributed by atoms with Crippen molar-refractivity contribution in [1.82, 2.24) is 0 Å². The van der Waals surface area contributed by atoms with Crippen LogP contribution in [-0.4, -0.2) is 27.1 Å². The molecule has 3 N–H and O–H groups in total. The van der Waals surface area contributed by atoms with Gasteiger partial charge >= 0.3 is 5.97 Å². The summed E-state index contributed by atoms with van der Waals surface area (Å²) in [5.74, 6) is -0.815. The molecule has 9 heavy (non-hydrogen) atoms. The first-order valence-corrected chi connectivity index (χ1v) is 2.91. The summed E-state index contributed by atoms with van der Waals surface area (Å²) < 4.78 is 7.83. The Labute approximate surface area is 63.4 Å². The van der Waals surface area contributed by atoms with Gasteiger partial charge in [0.05, 0.1) is 0 Å². The summed E-state index contributed by atoms with van der Waals surface area (Å²) in [5.41, 5.74) is 4.94. The van der Waals surface area contributed by atoms with Crippen LogP contribution in [0.4, 0.5) is 0 Å². The van der Waals surface area contributed by atoms with E-state index in [-0.39, 0.29) is 5.75 Å². The van der Waals surface area contributed by atoms with Crippen LogP contribution in [0.25, 0.3) is 0 Å². The highest BCUT2D eigenvalue weighted by atomic mass is 32.1. The predicted octanol–water partition coefficient (Wildman–Crippen LogP) is -1.01. The van der Waals surface area contributed by atoms with Crippen LogP contribution >= 0.6 is 12.6 Å². The van der Waals surface area contributed by atoms with Crippen LogP contribution in [-0.2, 0) is 17.3 Å². The lowest BCUT2D eigenvalue weighted by Crippen LogP contribution is -2.31. The van der Waals surface area contributed by atoms with Gasteiger partial charge in [-0.3, -0.25) is 4.79 Å². The fourth-order valence-corrected chi connectivity index (χ4v) is 0.234. The van der Waals surface area contributed by atoms with Crippen LogP contribution < -0.4 is 5.73 Å². The Morgan fingerprint density at radius 1 is 1.78 bits per heavy atom. The molecule has 0 aromatic rings. The van der Waals surface area contributed by atoms with Crippen LogP contribution in [0.1, 0.15) is 0 Å². The van der Waals surface area contributed by atoms with Crippen molar-refractivity contribution < 1.29 is 14.1 Å². The molecule has 0 spiro atoms. The van der Waals surface area contributed by atoms with E-state index in [0.29, 0.717) is 0 Å². The van der Waals surface area contributed by atoms with Crippen molar-refractivity contribution in [2.24, 2.45) is 5.73 Å². The van der Waals surface area contributed by atoms with Gasteiger partial charge in [0.15, 0.2) is 12.5 Å². The second kappa shape index (κ2) is 7.80. The zero-order valence-electron chi connectivity index (χ0n) is 4.48. The zero-order chi connectivity index (χ0) is 7.86. The van der Waals surface area contributed by atoms with E-state index in [9.17, 15) is 4.79 Å². The minimum absolute atomic E-state index is 0.190. The van der Waals surface area contributed by atoms with Crippen molar-refractivity contribution in [3.63, 3.8) is 0 Å². The van der Waals surface area contributed by atoms with Crippen molar-refractivity contribution in [2.45, 2.75) is 6.04 Å². The summed E-state index contributed by atoms with van der Waals surface area (Å²) in [7, 11) is 0. The summed E-state index contributed by atoms with van der Waals surface area (Å²) in [5, 5.41) is 8.01. The highest BCUT2D eigenvalue weighted by Gasteiger charge is 2.06. The third kappa shape index (κ3) is 7.80. The third-order valence-electron chi connectivity index (χ3n) is 0.514. The number of hydrogen-bond acceptors (Lipinski definition) is 5. The molecule has 0 fully saturated rings. The van der Waals surface area contributed by atoms with E-state index < -0.39 is 12.0 Å². The van der Waals surface area contributed by atoms with Crippen LogP contribution in [0.15, 0.2) is 0 Å².